The molecule has 2 rings (SSSR count). The Balaban J connectivity index is 2.02. The molecule has 0 radical (unpaired) electrons. The van der Waals surface area contributed by atoms with E-state index in [2.05, 4.69) is 15.8 Å². The smallest absolute Gasteiger partial charge is 0.267 e. The minimum atomic E-state index is -0.0901. The first-order valence-electron chi connectivity index (χ1n) is 5.12. The second-order valence-electron chi connectivity index (χ2n) is 3.54. The van der Waals surface area contributed by atoms with Crippen LogP contribution in [0.25, 0.3) is 0 Å². The van der Waals surface area contributed by atoms with Gasteiger partial charge in [-0.1, -0.05) is 11.6 Å². The minimum Gasteiger partial charge on any atom is -0.351 e. The van der Waals surface area contributed by atoms with E-state index in [0.717, 1.165) is 18.7 Å². The fourth-order valence-corrected chi connectivity index (χ4v) is 1.56. The number of carbonyl (C=O) groups excluding carboxylic acids is 1. The van der Waals surface area contributed by atoms with Crippen molar-refractivity contribution in [2.24, 2.45) is 5.10 Å². The molecule has 1 amide bonds. The number of amides is 1. The highest BCUT2D eigenvalue weighted by Crippen LogP contribution is 2.13. The van der Waals surface area contributed by atoms with E-state index in [1.54, 1.807) is 12.1 Å². The van der Waals surface area contributed by atoms with Crippen LogP contribution in [0.1, 0.15) is 12.8 Å². The van der Waals surface area contributed by atoms with Gasteiger partial charge in [0.05, 0.1) is 5.69 Å². The summed E-state index contributed by atoms with van der Waals surface area (Å²) in [4.78, 5) is 11.4. The largest absolute Gasteiger partial charge is 0.351 e. The van der Waals surface area contributed by atoms with Gasteiger partial charge in [0.15, 0.2) is 0 Å². The van der Waals surface area contributed by atoms with Gasteiger partial charge in [0.25, 0.3) is 5.91 Å². The molecule has 0 aliphatic carbocycles. The number of hydrazone groups is 1. The van der Waals surface area contributed by atoms with Crippen molar-refractivity contribution in [1.82, 2.24) is 5.32 Å². The van der Waals surface area contributed by atoms with Gasteiger partial charge in [0, 0.05) is 11.6 Å². The molecule has 1 heterocycles. The third-order valence-corrected chi connectivity index (χ3v) is 2.55. The summed E-state index contributed by atoms with van der Waals surface area (Å²) in [5.74, 6) is -0.0901. The molecule has 4 nitrogen and oxygen atoms in total. The molecule has 0 aromatic heterocycles. The zero-order valence-corrected chi connectivity index (χ0v) is 9.42. The first kappa shape index (κ1) is 11.0. The van der Waals surface area contributed by atoms with Crippen molar-refractivity contribution in [1.29, 1.82) is 0 Å². The molecule has 1 aliphatic heterocycles. The highest BCUT2D eigenvalue weighted by molar-refractivity contribution is 6.39. The molecule has 0 bridgehead atoms. The van der Waals surface area contributed by atoms with Gasteiger partial charge in [-0.2, -0.15) is 5.10 Å². The number of rotatable bonds is 2. The molecule has 1 aliphatic rings. The van der Waals surface area contributed by atoms with Gasteiger partial charge in [0.1, 0.15) is 5.71 Å². The Labute approximate surface area is 98.7 Å². The Hall–Kier alpha value is -1.55. The number of halogens is 1. The molecular formula is C11H12ClN3O. The third-order valence-electron chi connectivity index (χ3n) is 2.30. The molecular weight excluding hydrogens is 226 g/mol. The van der Waals surface area contributed by atoms with Crippen LogP contribution in [0.3, 0.4) is 0 Å². The average molecular weight is 238 g/mol. The van der Waals surface area contributed by atoms with Crippen LogP contribution in [-0.4, -0.2) is 18.2 Å². The number of piperidine rings is 1. The van der Waals surface area contributed by atoms with E-state index in [1.165, 1.54) is 0 Å². The van der Waals surface area contributed by atoms with Gasteiger partial charge in [0.2, 0.25) is 0 Å². The van der Waals surface area contributed by atoms with Gasteiger partial charge in [-0.3, -0.25) is 10.2 Å². The highest BCUT2D eigenvalue weighted by atomic mass is 35.5. The molecule has 1 aromatic carbocycles. The summed E-state index contributed by atoms with van der Waals surface area (Å²) in [6.07, 6.45) is 1.65. The first-order chi connectivity index (χ1) is 7.75. The Morgan fingerprint density at radius 1 is 1.31 bits per heavy atom. The molecule has 0 atom stereocenters. The Morgan fingerprint density at radius 2 is 2.06 bits per heavy atom. The molecule has 1 fully saturated rings. The van der Waals surface area contributed by atoms with E-state index in [1.807, 2.05) is 12.1 Å². The van der Waals surface area contributed by atoms with Crippen LogP contribution < -0.4 is 10.7 Å². The standard InChI is InChI=1S/C11H12ClN3O/c12-8-3-5-9(6-4-8)14-15-10-2-1-7-13-11(10)16/h3-6,14H,1-2,7H2,(H,13,16)/b15-10+. The molecule has 84 valence electrons. The van der Waals surface area contributed by atoms with Gasteiger partial charge in [-0.05, 0) is 37.1 Å². The Bertz CT molecular complexity index is 414. The normalized spacial score (nSPS) is 18.3. The van der Waals surface area contributed by atoms with Crippen LogP contribution in [0.4, 0.5) is 5.69 Å². The summed E-state index contributed by atoms with van der Waals surface area (Å²) in [5, 5.41) is 7.50. The van der Waals surface area contributed by atoms with Crippen molar-refractivity contribution in [2.75, 3.05) is 12.0 Å². The summed E-state index contributed by atoms with van der Waals surface area (Å²) >= 11 is 5.76. The predicted molar refractivity (Wildman–Crippen MR) is 64.8 cm³/mol. The molecule has 0 saturated carbocycles. The summed E-state index contributed by atoms with van der Waals surface area (Å²) in [6.45, 7) is 0.735. The number of carbonyl (C=O) groups is 1. The second-order valence-corrected chi connectivity index (χ2v) is 3.97. The highest BCUT2D eigenvalue weighted by Gasteiger charge is 2.15. The summed E-state index contributed by atoms with van der Waals surface area (Å²) in [7, 11) is 0. The number of anilines is 1. The van der Waals surface area contributed by atoms with Gasteiger partial charge in [-0.15, -0.1) is 0 Å². The van der Waals surface area contributed by atoms with Crippen LogP contribution in [0, 0.1) is 0 Å². The van der Waals surface area contributed by atoms with Crippen LogP contribution in [0.15, 0.2) is 29.4 Å². The number of hydrogen-bond donors (Lipinski definition) is 2. The maximum absolute atomic E-state index is 11.4. The summed E-state index contributed by atoms with van der Waals surface area (Å²) < 4.78 is 0. The van der Waals surface area contributed by atoms with Crippen LogP contribution in [0.2, 0.25) is 5.02 Å². The molecule has 16 heavy (non-hydrogen) atoms. The number of nitrogens with one attached hydrogen (secondary N) is 2. The van der Waals surface area contributed by atoms with E-state index < -0.39 is 0 Å². The van der Waals surface area contributed by atoms with Crippen LogP contribution >= 0.6 is 11.6 Å². The van der Waals surface area contributed by atoms with Gasteiger partial charge >= 0.3 is 0 Å². The fourth-order valence-electron chi connectivity index (χ4n) is 1.44. The lowest BCUT2D eigenvalue weighted by molar-refractivity contribution is -0.115. The second kappa shape index (κ2) is 4.99. The molecule has 5 heteroatoms. The Kier molecular flexibility index (Phi) is 3.41. The zero-order chi connectivity index (χ0) is 11.4. The number of benzene rings is 1. The van der Waals surface area contributed by atoms with Gasteiger partial charge < -0.3 is 5.32 Å². The quantitative estimate of drug-likeness (QED) is 0.774. The molecule has 2 N–H and O–H groups in total. The topological polar surface area (TPSA) is 53.5 Å². The molecule has 1 saturated heterocycles. The van der Waals surface area contributed by atoms with Crippen molar-refractivity contribution >= 4 is 28.9 Å². The first-order valence-corrected chi connectivity index (χ1v) is 5.50. The predicted octanol–water partition coefficient (Wildman–Crippen LogP) is 2.02. The SMILES string of the molecule is O=C1NCCC/C1=N\Nc1ccc(Cl)cc1. The van der Waals surface area contributed by atoms with E-state index >= 15 is 0 Å². The van der Waals surface area contributed by atoms with Crippen molar-refractivity contribution in [3.05, 3.63) is 29.3 Å². The lowest BCUT2D eigenvalue weighted by Crippen LogP contribution is -2.37. The molecule has 0 unspecified atom stereocenters. The zero-order valence-electron chi connectivity index (χ0n) is 8.66. The van der Waals surface area contributed by atoms with Crippen LogP contribution in [0.5, 0.6) is 0 Å². The fraction of sp³-hybridized carbons (Fsp3) is 0.273. The lowest BCUT2D eigenvalue weighted by Gasteiger charge is -2.13. The maximum Gasteiger partial charge on any atom is 0.267 e. The monoisotopic (exact) mass is 237 g/mol. The summed E-state index contributed by atoms with van der Waals surface area (Å²) in [5.41, 5.74) is 4.20. The van der Waals surface area contributed by atoms with Crippen molar-refractivity contribution in [3.8, 4) is 0 Å². The van der Waals surface area contributed by atoms with Gasteiger partial charge in [-0.25, -0.2) is 0 Å². The minimum absolute atomic E-state index is 0.0901. The Morgan fingerprint density at radius 3 is 2.75 bits per heavy atom. The van der Waals surface area contributed by atoms with E-state index in [-0.39, 0.29) is 5.91 Å². The lowest BCUT2D eigenvalue weighted by atomic mass is 10.1. The van der Waals surface area contributed by atoms with Crippen molar-refractivity contribution in [3.63, 3.8) is 0 Å². The van der Waals surface area contributed by atoms with E-state index in [9.17, 15) is 4.79 Å². The van der Waals surface area contributed by atoms with E-state index in [4.69, 9.17) is 11.6 Å². The van der Waals surface area contributed by atoms with Crippen LogP contribution in [-0.2, 0) is 4.79 Å². The molecule has 1 aromatic rings. The number of nitrogens with zero attached hydrogens (tertiary/aromatic N) is 1. The summed E-state index contributed by atoms with van der Waals surface area (Å²) in [6, 6.07) is 7.16. The van der Waals surface area contributed by atoms with E-state index in [0.29, 0.717) is 17.2 Å². The maximum atomic E-state index is 11.4. The molecule has 0 spiro atoms. The third kappa shape index (κ3) is 2.73. The number of hydrogen-bond acceptors (Lipinski definition) is 3. The van der Waals surface area contributed by atoms with Crippen molar-refractivity contribution in [2.45, 2.75) is 12.8 Å². The van der Waals surface area contributed by atoms with Crippen molar-refractivity contribution < 1.29 is 4.79 Å². The average Bonchev–Trinajstić information content (AvgIpc) is 2.30.